The Balaban J connectivity index is 2.18. The van der Waals surface area contributed by atoms with Crippen LogP contribution in [0, 0.1) is 17.5 Å². The Morgan fingerprint density at radius 3 is 2.03 bits per heavy atom. The van der Waals surface area contributed by atoms with Crippen LogP contribution in [-0.2, 0) is 20.7 Å². The van der Waals surface area contributed by atoms with Crippen molar-refractivity contribution >= 4 is 17.8 Å². The molecule has 1 amide bonds. The molecule has 0 bridgehead atoms. The summed E-state index contributed by atoms with van der Waals surface area (Å²) >= 11 is 0. The van der Waals surface area contributed by atoms with Gasteiger partial charge in [-0.25, -0.2) is 22.8 Å². The van der Waals surface area contributed by atoms with Crippen molar-refractivity contribution in [3.05, 3.63) is 70.5 Å². The second-order valence-electron chi connectivity index (χ2n) is 7.70. The topological polar surface area (TPSA) is 81.7 Å². The van der Waals surface area contributed by atoms with Crippen LogP contribution in [0.5, 0.6) is 0 Å². The van der Waals surface area contributed by atoms with Gasteiger partial charge < -0.3 is 14.8 Å². The number of rotatable bonds is 6. The number of hydrogen-bond donors (Lipinski definition) is 1. The summed E-state index contributed by atoms with van der Waals surface area (Å²) in [5.74, 6) is -6.61. The first-order valence-corrected chi connectivity index (χ1v) is 9.27. The molecule has 0 aromatic heterocycles. The monoisotopic (exact) mass is 437 g/mol. The fourth-order valence-electron chi connectivity index (χ4n) is 2.67. The second-order valence-corrected chi connectivity index (χ2v) is 7.70. The van der Waals surface area contributed by atoms with Gasteiger partial charge in [-0.1, -0.05) is 12.1 Å². The number of benzene rings is 2. The molecule has 6 nitrogen and oxygen atoms in total. The van der Waals surface area contributed by atoms with E-state index >= 15 is 0 Å². The van der Waals surface area contributed by atoms with Gasteiger partial charge in [0.1, 0.15) is 34.7 Å². The van der Waals surface area contributed by atoms with Crippen molar-refractivity contribution in [1.29, 1.82) is 0 Å². The lowest BCUT2D eigenvalue weighted by atomic mass is 10.0. The van der Waals surface area contributed by atoms with Crippen molar-refractivity contribution in [2.75, 3.05) is 7.11 Å². The summed E-state index contributed by atoms with van der Waals surface area (Å²) in [4.78, 5) is 36.5. The molecule has 31 heavy (non-hydrogen) atoms. The fraction of sp³-hybridized carbons (Fsp3) is 0.318. The number of amides is 1. The average molecular weight is 437 g/mol. The van der Waals surface area contributed by atoms with Crippen molar-refractivity contribution < 1.29 is 37.0 Å². The number of methoxy groups -OCH3 is 1. The largest absolute Gasteiger partial charge is 0.467 e. The first kappa shape index (κ1) is 23.9. The molecule has 9 heteroatoms. The lowest BCUT2D eigenvalue weighted by Gasteiger charge is -2.20. The Bertz CT molecular complexity index is 961. The maximum absolute atomic E-state index is 13.9. The molecule has 0 saturated carbocycles. The molecule has 0 heterocycles. The van der Waals surface area contributed by atoms with Gasteiger partial charge in [0.15, 0.2) is 0 Å². The molecular weight excluding hydrogens is 415 g/mol. The van der Waals surface area contributed by atoms with Gasteiger partial charge in [0, 0.05) is 18.6 Å². The van der Waals surface area contributed by atoms with Gasteiger partial charge in [0.05, 0.1) is 12.7 Å². The van der Waals surface area contributed by atoms with Gasteiger partial charge in [-0.15, -0.1) is 0 Å². The number of carbonyl (C=O) groups excluding carboxylic acids is 3. The molecule has 1 atom stereocenters. The minimum Gasteiger partial charge on any atom is -0.467 e. The van der Waals surface area contributed by atoms with Crippen LogP contribution in [0.1, 0.15) is 47.1 Å². The van der Waals surface area contributed by atoms with E-state index < -0.39 is 52.5 Å². The van der Waals surface area contributed by atoms with Gasteiger partial charge >= 0.3 is 11.9 Å². The molecule has 0 aliphatic rings. The van der Waals surface area contributed by atoms with Crippen LogP contribution in [0.15, 0.2) is 36.4 Å². The van der Waals surface area contributed by atoms with Crippen LogP contribution >= 0.6 is 0 Å². The molecule has 2 aromatic carbocycles. The number of ether oxygens (including phenoxy) is 2. The predicted octanol–water partition coefficient (Wildman–Crippen LogP) is 3.57. The van der Waals surface area contributed by atoms with Gasteiger partial charge in [-0.3, -0.25) is 4.79 Å². The molecule has 0 fully saturated rings. The Hall–Kier alpha value is -3.36. The summed E-state index contributed by atoms with van der Waals surface area (Å²) in [6.07, 6.45) is -0.0859. The molecule has 1 N–H and O–H groups in total. The SMILES string of the molecule is COC(=O)[C@H](Cc1ccc(C(=O)OC(C)(C)C)cc1)NC(=O)c1c(F)cc(F)cc1F. The molecule has 166 valence electrons. The van der Waals surface area contributed by atoms with E-state index in [9.17, 15) is 27.6 Å². The lowest BCUT2D eigenvalue weighted by Crippen LogP contribution is -2.43. The quantitative estimate of drug-likeness (QED) is 0.699. The summed E-state index contributed by atoms with van der Waals surface area (Å²) < 4.78 is 50.7. The van der Waals surface area contributed by atoms with Crippen LogP contribution in [0.3, 0.4) is 0 Å². The second kappa shape index (κ2) is 9.63. The highest BCUT2D eigenvalue weighted by molar-refractivity contribution is 5.97. The summed E-state index contributed by atoms with van der Waals surface area (Å²) in [5.41, 5.74) is -0.868. The van der Waals surface area contributed by atoms with E-state index in [2.05, 4.69) is 10.1 Å². The first-order chi connectivity index (χ1) is 14.4. The van der Waals surface area contributed by atoms with Gasteiger partial charge in [0.25, 0.3) is 5.91 Å². The Morgan fingerprint density at radius 1 is 1.00 bits per heavy atom. The maximum Gasteiger partial charge on any atom is 0.338 e. The van der Waals surface area contributed by atoms with Crippen LogP contribution in [-0.4, -0.2) is 36.6 Å². The Morgan fingerprint density at radius 2 is 1.55 bits per heavy atom. The summed E-state index contributed by atoms with van der Waals surface area (Å²) in [5, 5.41) is 2.19. The minimum atomic E-state index is -1.40. The number of halogens is 3. The number of nitrogens with one attached hydrogen (secondary N) is 1. The molecule has 0 spiro atoms. The minimum absolute atomic E-state index is 0.0859. The van der Waals surface area contributed by atoms with Crippen molar-refractivity contribution in [3.63, 3.8) is 0 Å². The fourth-order valence-corrected chi connectivity index (χ4v) is 2.67. The highest BCUT2D eigenvalue weighted by atomic mass is 19.1. The van der Waals surface area contributed by atoms with Crippen LogP contribution < -0.4 is 5.32 Å². The van der Waals surface area contributed by atoms with Gasteiger partial charge in [0.2, 0.25) is 0 Å². The van der Waals surface area contributed by atoms with E-state index in [0.717, 1.165) is 7.11 Å². The summed E-state index contributed by atoms with van der Waals surface area (Å²) in [6.45, 7) is 5.20. The van der Waals surface area contributed by atoms with E-state index in [1.54, 1.807) is 32.9 Å². The zero-order chi connectivity index (χ0) is 23.3. The van der Waals surface area contributed by atoms with Crippen LogP contribution in [0.4, 0.5) is 13.2 Å². The third kappa shape index (κ3) is 6.56. The average Bonchev–Trinajstić information content (AvgIpc) is 2.65. The smallest absolute Gasteiger partial charge is 0.338 e. The van der Waals surface area contributed by atoms with E-state index in [1.807, 2.05) is 0 Å². The summed E-state index contributed by atoms with van der Waals surface area (Å²) in [7, 11) is 1.09. The molecule has 0 aliphatic heterocycles. The molecule has 0 radical (unpaired) electrons. The van der Waals surface area contributed by atoms with Crippen molar-refractivity contribution in [2.45, 2.75) is 38.8 Å². The molecule has 0 saturated heterocycles. The van der Waals surface area contributed by atoms with E-state index in [1.165, 1.54) is 12.1 Å². The van der Waals surface area contributed by atoms with Gasteiger partial charge in [-0.2, -0.15) is 0 Å². The summed E-state index contributed by atoms with van der Waals surface area (Å²) in [6, 6.07) is 5.49. The third-order valence-electron chi connectivity index (χ3n) is 4.05. The lowest BCUT2D eigenvalue weighted by molar-refractivity contribution is -0.142. The van der Waals surface area contributed by atoms with Crippen molar-refractivity contribution in [2.24, 2.45) is 0 Å². The number of carbonyl (C=O) groups is 3. The highest BCUT2D eigenvalue weighted by Crippen LogP contribution is 2.17. The maximum atomic E-state index is 13.9. The van der Waals surface area contributed by atoms with Gasteiger partial charge in [-0.05, 0) is 38.5 Å². The molecular formula is C22H22F3NO5. The molecule has 0 unspecified atom stereocenters. The Labute approximate surface area is 177 Å². The Kier molecular flexibility index (Phi) is 7.43. The molecule has 0 aliphatic carbocycles. The first-order valence-electron chi connectivity index (χ1n) is 9.27. The normalized spacial score (nSPS) is 12.1. The van der Waals surface area contributed by atoms with E-state index in [4.69, 9.17) is 4.74 Å². The zero-order valence-corrected chi connectivity index (χ0v) is 17.4. The van der Waals surface area contributed by atoms with Crippen molar-refractivity contribution in [3.8, 4) is 0 Å². The number of esters is 2. The number of hydrogen-bond acceptors (Lipinski definition) is 5. The van der Waals surface area contributed by atoms with Crippen LogP contribution in [0.2, 0.25) is 0 Å². The van der Waals surface area contributed by atoms with E-state index in [-0.39, 0.29) is 12.0 Å². The van der Waals surface area contributed by atoms with Crippen LogP contribution in [0.25, 0.3) is 0 Å². The molecule has 2 rings (SSSR count). The van der Waals surface area contributed by atoms with Crippen molar-refractivity contribution in [1.82, 2.24) is 5.32 Å². The highest BCUT2D eigenvalue weighted by Gasteiger charge is 2.27. The molecule has 2 aromatic rings. The predicted molar refractivity (Wildman–Crippen MR) is 105 cm³/mol. The zero-order valence-electron chi connectivity index (χ0n) is 17.4. The third-order valence-corrected chi connectivity index (χ3v) is 4.05. The van der Waals surface area contributed by atoms with E-state index in [0.29, 0.717) is 17.7 Å². The standard InChI is InChI=1S/C22H22F3NO5/c1-22(2,3)31-20(28)13-7-5-12(6-8-13)9-17(21(29)30-4)26-19(27)18-15(24)10-14(23)11-16(18)25/h5-8,10-11,17H,9H2,1-4H3,(H,26,27)/t17-/m0/s1.